The molecule has 4 heteroatoms. The number of aromatic nitrogens is 3. The molecule has 4 nitrogen and oxygen atoms in total. The maximum absolute atomic E-state index is 9.85. The maximum Gasteiger partial charge on any atom is 0.181 e. The molecule has 3 rings (SSSR count). The average molecular weight is 229 g/mol. The van der Waals surface area contributed by atoms with Gasteiger partial charge < -0.3 is 5.11 Å². The Morgan fingerprint density at radius 3 is 3.06 bits per heavy atom. The molecule has 1 aliphatic rings. The first kappa shape index (κ1) is 10.5. The number of aliphatic hydroxyl groups is 1. The molecule has 0 amide bonds. The van der Waals surface area contributed by atoms with Crippen LogP contribution in [-0.4, -0.2) is 19.9 Å². The topological polar surface area (TPSA) is 50.9 Å². The molecule has 0 aliphatic carbocycles. The van der Waals surface area contributed by atoms with Gasteiger partial charge in [0.1, 0.15) is 6.10 Å². The second-order valence-electron chi connectivity index (χ2n) is 4.54. The summed E-state index contributed by atoms with van der Waals surface area (Å²) < 4.78 is 1.83. The SMILES string of the molecule is Cc1cccc(-c2nc3n(n2)CCCC3O)c1. The van der Waals surface area contributed by atoms with Crippen LogP contribution in [0.2, 0.25) is 0 Å². The smallest absolute Gasteiger partial charge is 0.181 e. The molecule has 2 aromatic rings. The second-order valence-corrected chi connectivity index (χ2v) is 4.54. The van der Waals surface area contributed by atoms with Gasteiger partial charge in [0, 0.05) is 12.1 Å². The van der Waals surface area contributed by atoms with E-state index in [1.807, 2.05) is 29.8 Å². The summed E-state index contributed by atoms with van der Waals surface area (Å²) in [6, 6.07) is 8.11. The monoisotopic (exact) mass is 229 g/mol. The molecule has 1 aromatic carbocycles. The van der Waals surface area contributed by atoms with Crippen molar-refractivity contribution in [3.05, 3.63) is 35.7 Å². The van der Waals surface area contributed by atoms with Crippen LogP contribution in [0.4, 0.5) is 0 Å². The van der Waals surface area contributed by atoms with E-state index in [2.05, 4.69) is 16.1 Å². The van der Waals surface area contributed by atoms with Gasteiger partial charge >= 0.3 is 0 Å². The van der Waals surface area contributed by atoms with Crippen molar-refractivity contribution in [3.63, 3.8) is 0 Å². The van der Waals surface area contributed by atoms with Crippen molar-refractivity contribution < 1.29 is 5.11 Å². The van der Waals surface area contributed by atoms with Gasteiger partial charge in [-0.05, 0) is 25.8 Å². The molecule has 0 saturated heterocycles. The highest BCUT2D eigenvalue weighted by molar-refractivity contribution is 5.55. The minimum atomic E-state index is -0.463. The Balaban J connectivity index is 2.05. The summed E-state index contributed by atoms with van der Waals surface area (Å²) >= 11 is 0. The Labute approximate surface area is 99.9 Å². The summed E-state index contributed by atoms with van der Waals surface area (Å²) in [7, 11) is 0. The fraction of sp³-hybridized carbons (Fsp3) is 0.385. The number of benzene rings is 1. The Hall–Kier alpha value is -1.68. The van der Waals surface area contributed by atoms with Gasteiger partial charge in [-0.2, -0.15) is 5.10 Å². The molecule has 0 saturated carbocycles. The number of fused-ring (bicyclic) bond motifs is 1. The van der Waals surface area contributed by atoms with Crippen molar-refractivity contribution in [1.29, 1.82) is 0 Å². The summed E-state index contributed by atoms with van der Waals surface area (Å²) in [4.78, 5) is 4.44. The van der Waals surface area contributed by atoms with Crippen LogP contribution < -0.4 is 0 Å². The van der Waals surface area contributed by atoms with E-state index in [-0.39, 0.29) is 0 Å². The Morgan fingerprint density at radius 1 is 1.41 bits per heavy atom. The van der Waals surface area contributed by atoms with Crippen LogP contribution >= 0.6 is 0 Å². The summed E-state index contributed by atoms with van der Waals surface area (Å²) in [5.41, 5.74) is 2.20. The van der Waals surface area contributed by atoms with E-state index in [0.29, 0.717) is 11.6 Å². The summed E-state index contributed by atoms with van der Waals surface area (Å²) in [5.74, 6) is 1.41. The molecular weight excluding hydrogens is 214 g/mol. The number of aryl methyl sites for hydroxylation is 2. The number of rotatable bonds is 1. The third kappa shape index (κ3) is 1.85. The van der Waals surface area contributed by atoms with Crippen molar-refractivity contribution in [1.82, 2.24) is 14.8 Å². The van der Waals surface area contributed by atoms with E-state index in [4.69, 9.17) is 0 Å². The standard InChI is InChI=1S/C13H15N3O/c1-9-4-2-5-10(8-9)12-14-13-11(17)6-3-7-16(13)15-12/h2,4-5,8,11,17H,3,6-7H2,1H3. The quantitative estimate of drug-likeness (QED) is 0.814. The van der Waals surface area contributed by atoms with Crippen LogP contribution in [0.5, 0.6) is 0 Å². The van der Waals surface area contributed by atoms with Crippen molar-refractivity contribution >= 4 is 0 Å². The van der Waals surface area contributed by atoms with Crippen molar-refractivity contribution in [2.45, 2.75) is 32.4 Å². The van der Waals surface area contributed by atoms with Gasteiger partial charge in [-0.25, -0.2) is 9.67 Å². The molecule has 1 atom stereocenters. The summed E-state index contributed by atoms with van der Waals surface area (Å²) in [6.45, 7) is 2.90. The van der Waals surface area contributed by atoms with Crippen molar-refractivity contribution in [2.24, 2.45) is 0 Å². The van der Waals surface area contributed by atoms with Gasteiger partial charge in [0.25, 0.3) is 0 Å². The minimum Gasteiger partial charge on any atom is -0.385 e. The molecule has 0 fully saturated rings. The van der Waals surface area contributed by atoms with Gasteiger partial charge in [0.05, 0.1) is 0 Å². The molecule has 2 heterocycles. The van der Waals surface area contributed by atoms with E-state index in [1.165, 1.54) is 5.56 Å². The zero-order chi connectivity index (χ0) is 11.8. The minimum absolute atomic E-state index is 0.463. The van der Waals surface area contributed by atoms with Crippen LogP contribution in [0.1, 0.15) is 30.3 Å². The van der Waals surface area contributed by atoms with Gasteiger partial charge in [-0.3, -0.25) is 0 Å². The number of aliphatic hydroxyl groups excluding tert-OH is 1. The van der Waals surface area contributed by atoms with E-state index in [0.717, 1.165) is 24.9 Å². The predicted octanol–water partition coefficient (Wildman–Crippen LogP) is 2.08. The Morgan fingerprint density at radius 2 is 2.29 bits per heavy atom. The third-order valence-electron chi connectivity index (χ3n) is 3.12. The van der Waals surface area contributed by atoms with Crippen LogP contribution in [0.15, 0.2) is 24.3 Å². The van der Waals surface area contributed by atoms with Crippen molar-refractivity contribution in [3.8, 4) is 11.4 Å². The first-order chi connectivity index (χ1) is 8.24. The lowest BCUT2D eigenvalue weighted by molar-refractivity contribution is 0.130. The molecular formula is C13H15N3O. The molecule has 0 bridgehead atoms. The second kappa shape index (κ2) is 3.96. The molecule has 17 heavy (non-hydrogen) atoms. The summed E-state index contributed by atoms with van der Waals surface area (Å²) in [5, 5.41) is 14.3. The van der Waals surface area contributed by atoms with Crippen LogP contribution in [0, 0.1) is 6.92 Å². The van der Waals surface area contributed by atoms with Crippen LogP contribution in [0.3, 0.4) is 0 Å². The number of nitrogens with zero attached hydrogens (tertiary/aromatic N) is 3. The molecule has 88 valence electrons. The highest BCUT2D eigenvalue weighted by atomic mass is 16.3. The Bertz CT molecular complexity index is 547. The number of hydrogen-bond acceptors (Lipinski definition) is 3. The predicted molar refractivity (Wildman–Crippen MR) is 64.4 cm³/mol. The summed E-state index contributed by atoms with van der Waals surface area (Å²) in [6.07, 6.45) is 1.28. The average Bonchev–Trinajstić information content (AvgIpc) is 2.74. The van der Waals surface area contributed by atoms with E-state index < -0.39 is 6.10 Å². The largest absolute Gasteiger partial charge is 0.385 e. The van der Waals surface area contributed by atoms with Crippen LogP contribution in [-0.2, 0) is 6.54 Å². The lowest BCUT2D eigenvalue weighted by atomic mass is 10.1. The molecule has 0 radical (unpaired) electrons. The van der Waals surface area contributed by atoms with Gasteiger partial charge in [0.2, 0.25) is 0 Å². The van der Waals surface area contributed by atoms with E-state index in [9.17, 15) is 5.11 Å². The highest BCUT2D eigenvalue weighted by Crippen LogP contribution is 2.25. The van der Waals surface area contributed by atoms with E-state index in [1.54, 1.807) is 0 Å². The fourth-order valence-corrected chi connectivity index (χ4v) is 2.24. The van der Waals surface area contributed by atoms with Crippen molar-refractivity contribution in [2.75, 3.05) is 0 Å². The first-order valence-electron chi connectivity index (χ1n) is 5.94. The Kier molecular flexibility index (Phi) is 2.44. The zero-order valence-electron chi connectivity index (χ0n) is 9.80. The maximum atomic E-state index is 9.85. The fourth-order valence-electron chi connectivity index (χ4n) is 2.24. The zero-order valence-corrected chi connectivity index (χ0v) is 9.80. The van der Waals surface area contributed by atoms with Gasteiger partial charge in [-0.15, -0.1) is 0 Å². The van der Waals surface area contributed by atoms with Crippen LogP contribution in [0.25, 0.3) is 11.4 Å². The van der Waals surface area contributed by atoms with Gasteiger partial charge in [0.15, 0.2) is 11.6 Å². The van der Waals surface area contributed by atoms with E-state index >= 15 is 0 Å². The molecule has 1 N–H and O–H groups in total. The lowest BCUT2D eigenvalue weighted by Gasteiger charge is -2.16. The molecule has 0 spiro atoms. The molecule has 1 unspecified atom stereocenters. The molecule has 1 aromatic heterocycles. The highest BCUT2D eigenvalue weighted by Gasteiger charge is 2.22. The number of hydrogen-bond donors (Lipinski definition) is 1. The lowest BCUT2D eigenvalue weighted by Crippen LogP contribution is -2.16. The van der Waals surface area contributed by atoms with Gasteiger partial charge in [-0.1, -0.05) is 23.8 Å². The third-order valence-corrected chi connectivity index (χ3v) is 3.12. The first-order valence-corrected chi connectivity index (χ1v) is 5.94. The normalized spacial score (nSPS) is 19.1. The molecule has 1 aliphatic heterocycles.